The number of methoxy groups -OCH3 is 1. The van der Waals surface area contributed by atoms with Crippen LogP contribution < -0.4 is 15.4 Å². The van der Waals surface area contributed by atoms with Gasteiger partial charge in [0.25, 0.3) is 5.91 Å². The van der Waals surface area contributed by atoms with Gasteiger partial charge in [-0.2, -0.15) is 0 Å². The van der Waals surface area contributed by atoms with Gasteiger partial charge in [0, 0.05) is 46.6 Å². The van der Waals surface area contributed by atoms with Crippen molar-refractivity contribution in [1.82, 2.24) is 14.7 Å². The van der Waals surface area contributed by atoms with Crippen LogP contribution in [0.1, 0.15) is 55.1 Å². The van der Waals surface area contributed by atoms with Gasteiger partial charge in [-0.05, 0) is 43.0 Å². The van der Waals surface area contributed by atoms with Crippen LogP contribution >= 0.6 is 11.8 Å². The van der Waals surface area contributed by atoms with Crippen molar-refractivity contribution in [1.29, 1.82) is 5.41 Å². The van der Waals surface area contributed by atoms with Gasteiger partial charge in [0.15, 0.2) is 0 Å². The number of nitrogens with one attached hydrogen (secondary N) is 3. The van der Waals surface area contributed by atoms with Crippen molar-refractivity contribution in [3.05, 3.63) is 59.5 Å². The van der Waals surface area contributed by atoms with Crippen LogP contribution in [-0.2, 0) is 0 Å². The Hall–Kier alpha value is -3.26. The van der Waals surface area contributed by atoms with Gasteiger partial charge in [-0.3, -0.25) is 9.20 Å². The number of ether oxygens (including phenoxy) is 1. The fourth-order valence-electron chi connectivity index (χ4n) is 3.58. The topological polar surface area (TPSA) is 91.5 Å². The molecular formula is C26H31N5O2S. The Bertz CT molecular complexity index is 1270. The van der Waals surface area contributed by atoms with Crippen molar-refractivity contribution < 1.29 is 9.53 Å². The Morgan fingerprint density at radius 1 is 1.29 bits per heavy atom. The molecule has 178 valence electrons. The Morgan fingerprint density at radius 3 is 2.71 bits per heavy atom. The van der Waals surface area contributed by atoms with Gasteiger partial charge in [-0.25, -0.2) is 4.98 Å². The molecule has 34 heavy (non-hydrogen) atoms. The number of benzene rings is 1. The molecule has 0 aliphatic heterocycles. The summed E-state index contributed by atoms with van der Waals surface area (Å²) in [6, 6.07) is 7.82. The number of aryl methyl sites for hydroxylation is 1. The first-order chi connectivity index (χ1) is 16.2. The van der Waals surface area contributed by atoms with E-state index in [0.717, 1.165) is 46.1 Å². The van der Waals surface area contributed by atoms with Crippen LogP contribution in [0.3, 0.4) is 0 Å². The number of rotatable bonds is 8. The predicted octanol–water partition coefficient (Wildman–Crippen LogP) is 5.54. The monoisotopic (exact) mass is 477 g/mol. The second-order valence-electron chi connectivity index (χ2n) is 9.46. The number of hydrogen-bond donors (Lipinski definition) is 3. The summed E-state index contributed by atoms with van der Waals surface area (Å²) >= 11 is 1.73. The molecule has 3 aromatic rings. The third-order valence-corrected chi connectivity index (χ3v) is 6.60. The van der Waals surface area contributed by atoms with Gasteiger partial charge in [0.2, 0.25) is 0 Å². The van der Waals surface area contributed by atoms with Crippen LogP contribution in [0.25, 0.3) is 11.2 Å². The number of anilines is 1. The lowest BCUT2D eigenvalue weighted by atomic mass is 9.99. The summed E-state index contributed by atoms with van der Waals surface area (Å²) in [5.74, 6) is 1.49. The van der Waals surface area contributed by atoms with Crippen molar-refractivity contribution in [3.63, 3.8) is 0 Å². The number of nitrogens with zero attached hydrogens (tertiary/aromatic N) is 2. The molecule has 0 saturated heterocycles. The molecule has 1 saturated carbocycles. The van der Waals surface area contributed by atoms with Crippen molar-refractivity contribution >= 4 is 40.9 Å². The largest absolute Gasteiger partial charge is 0.495 e. The lowest BCUT2D eigenvalue weighted by Crippen LogP contribution is -2.25. The average molecular weight is 478 g/mol. The second kappa shape index (κ2) is 9.54. The third-order valence-electron chi connectivity index (χ3n) is 5.47. The van der Waals surface area contributed by atoms with E-state index in [2.05, 4.69) is 36.4 Å². The highest BCUT2D eigenvalue weighted by molar-refractivity contribution is 8.00. The highest BCUT2D eigenvalue weighted by Gasteiger charge is 2.24. The van der Waals surface area contributed by atoms with E-state index in [4.69, 9.17) is 10.1 Å². The van der Waals surface area contributed by atoms with E-state index >= 15 is 0 Å². The molecule has 0 atom stereocenters. The van der Waals surface area contributed by atoms with E-state index in [1.54, 1.807) is 31.3 Å². The maximum atomic E-state index is 12.5. The van der Waals surface area contributed by atoms with Crippen molar-refractivity contribution in [2.75, 3.05) is 12.4 Å². The minimum Gasteiger partial charge on any atom is -0.495 e. The van der Waals surface area contributed by atoms with Crippen molar-refractivity contribution in [2.45, 2.75) is 56.2 Å². The van der Waals surface area contributed by atoms with E-state index in [1.165, 1.54) is 6.21 Å². The standard InChI is InChI=1S/C26H31N5O2S/c1-16-6-7-17(25(32)30-19-8-9-19)10-20(16)18(12-27)13-28-24-14-29-23-11-21(33-5)22(15-31(23)24)34-26(2,3)4/h6-7,10-15,19,27-28H,8-9H2,1-5H3,(H,30,32)/b18-13+,27-12?. The van der Waals surface area contributed by atoms with Gasteiger partial charge in [-0.1, -0.05) is 26.8 Å². The maximum absolute atomic E-state index is 12.5. The summed E-state index contributed by atoms with van der Waals surface area (Å²) in [6.45, 7) is 8.46. The first kappa shape index (κ1) is 23.9. The lowest BCUT2D eigenvalue weighted by Gasteiger charge is -2.19. The minimum absolute atomic E-state index is 0.0245. The van der Waals surface area contributed by atoms with Crippen LogP contribution in [0.5, 0.6) is 5.75 Å². The van der Waals surface area contributed by atoms with Gasteiger partial charge < -0.3 is 20.8 Å². The summed E-state index contributed by atoms with van der Waals surface area (Å²) in [6.07, 6.45) is 8.94. The van der Waals surface area contributed by atoms with Crippen molar-refractivity contribution in [2.24, 2.45) is 0 Å². The van der Waals surface area contributed by atoms with Gasteiger partial charge >= 0.3 is 0 Å². The summed E-state index contributed by atoms with van der Waals surface area (Å²) in [5, 5.41) is 14.3. The number of hydrogen-bond acceptors (Lipinski definition) is 6. The number of aromatic nitrogens is 2. The maximum Gasteiger partial charge on any atom is 0.251 e. The zero-order valence-electron chi connectivity index (χ0n) is 20.2. The number of fused-ring (bicyclic) bond motifs is 1. The first-order valence-electron chi connectivity index (χ1n) is 11.3. The van der Waals surface area contributed by atoms with Gasteiger partial charge in [0.05, 0.1) is 18.2 Å². The molecule has 8 heteroatoms. The quantitative estimate of drug-likeness (QED) is 0.293. The molecule has 1 fully saturated rings. The number of amides is 1. The number of imidazole rings is 1. The van der Waals surface area contributed by atoms with Crippen LogP contribution in [-0.4, -0.2) is 39.4 Å². The number of thioether (sulfide) groups is 1. The van der Waals surface area contributed by atoms with Crippen molar-refractivity contribution in [3.8, 4) is 5.75 Å². The number of carbonyl (C=O) groups is 1. The lowest BCUT2D eigenvalue weighted by molar-refractivity contribution is 0.0951. The summed E-state index contributed by atoms with van der Waals surface area (Å²) < 4.78 is 7.58. The molecule has 1 aliphatic rings. The minimum atomic E-state index is -0.0688. The average Bonchev–Trinajstić information content (AvgIpc) is 3.52. The molecule has 4 rings (SSSR count). The fraction of sp³-hybridized carbons (Fsp3) is 0.346. The Morgan fingerprint density at radius 2 is 2.06 bits per heavy atom. The summed E-state index contributed by atoms with van der Waals surface area (Å²) in [7, 11) is 1.67. The first-order valence-corrected chi connectivity index (χ1v) is 12.1. The third kappa shape index (κ3) is 5.44. The van der Waals surface area contributed by atoms with E-state index in [-0.39, 0.29) is 10.7 Å². The van der Waals surface area contributed by atoms with E-state index in [9.17, 15) is 4.79 Å². The highest BCUT2D eigenvalue weighted by Crippen LogP contribution is 2.38. The molecule has 0 radical (unpaired) electrons. The number of allylic oxidation sites excluding steroid dienone is 1. The normalized spacial score (nSPS) is 14.2. The fourth-order valence-corrected chi connectivity index (χ4v) is 4.64. The molecule has 3 N–H and O–H groups in total. The van der Waals surface area contributed by atoms with Crippen LogP contribution in [0, 0.1) is 12.3 Å². The zero-order valence-corrected chi connectivity index (χ0v) is 21.0. The molecule has 1 amide bonds. The highest BCUT2D eigenvalue weighted by atomic mass is 32.2. The molecule has 0 bridgehead atoms. The smallest absolute Gasteiger partial charge is 0.251 e. The van der Waals surface area contributed by atoms with Crippen LogP contribution in [0.4, 0.5) is 5.82 Å². The zero-order chi connectivity index (χ0) is 24.5. The molecule has 0 spiro atoms. The van der Waals surface area contributed by atoms with Gasteiger partial charge in [0.1, 0.15) is 17.2 Å². The molecular weight excluding hydrogens is 446 g/mol. The Labute approximate surface area is 204 Å². The molecule has 1 aromatic carbocycles. The van der Waals surface area contributed by atoms with E-state index in [0.29, 0.717) is 17.2 Å². The van der Waals surface area contributed by atoms with E-state index < -0.39 is 0 Å². The molecule has 0 unspecified atom stereocenters. The predicted molar refractivity (Wildman–Crippen MR) is 139 cm³/mol. The summed E-state index contributed by atoms with van der Waals surface area (Å²) in [5.41, 5.74) is 3.87. The number of pyridine rings is 1. The summed E-state index contributed by atoms with van der Waals surface area (Å²) in [4.78, 5) is 18.0. The SMILES string of the molecule is COc1cc2ncc(N/C=C(\C=N)c3cc(C(=O)NC4CC4)ccc3C)n2cc1SC(C)(C)C. The second-order valence-corrected chi connectivity index (χ2v) is 11.3. The van der Waals surface area contributed by atoms with Crippen LogP contribution in [0.15, 0.2) is 47.8 Å². The Kier molecular flexibility index (Phi) is 6.70. The molecule has 7 nitrogen and oxygen atoms in total. The molecule has 2 aromatic heterocycles. The molecule has 2 heterocycles. The van der Waals surface area contributed by atoms with E-state index in [1.807, 2.05) is 41.8 Å². The van der Waals surface area contributed by atoms with Crippen LogP contribution in [0.2, 0.25) is 0 Å². The number of carbonyl (C=O) groups excluding carboxylic acids is 1. The van der Waals surface area contributed by atoms with Gasteiger partial charge in [-0.15, -0.1) is 11.8 Å². The Balaban J connectivity index is 1.64. The molecule has 1 aliphatic carbocycles.